The van der Waals surface area contributed by atoms with Gasteiger partial charge in [-0.3, -0.25) is 4.90 Å². The highest BCUT2D eigenvalue weighted by molar-refractivity contribution is 4.96. The predicted molar refractivity (Wildman–Crippen MR) is 74.1 cm³/mol. The molecule has 1 aliphatic carbocycles. The van der Waals surface area contributed by atoms with E-state index in [1.165, 1.54) is 57.9 Å². The maximum Gasteiger partial charge on any atom is 0.0159 e. The first-order chi connectivity index (χ1) is 8.13. The maximum absolute atomic E-state index is 5.73. The topological polar surface area (TPSA) is 29.3 Å². The largest absolute Gasteiger partial charge is 0.330 e. The van der Waals surface area contributed by atoms with Crippen LogP contribution in [0.15, 0.2) is 0 Å². The molecule has 2 aliphatic rings. The highest BCUT2D eigenvalue weighted by atomic mass is 15.2. The normalized spacial score (nSPS) is 31.6. The molecule has 0 bridgehead atoms. The van der Waals surface area contributed by atoms with Crippen molar-refractivity contribution >= 4 is 0 Å². The maximum atomic E-state index is 5.73. The third kappa shape index (κ3) is 3.23. The molecule has 0 amide bonds. The monoisotopic (exact) mass is 238 g/mol. The molecule has 2 heteroatoms. The van der Waals surface area contributed by atoms with Gasteiger partial charge in [-0.25, -0.2) is 0 Å². The van der Waals surface area contributed by atoms with Gasteiger partial charge in [0.2, 0.25) is 0 Å². The van der Waals surface area contributed by atoms with E-state index < -0.39 is 0 Å². The molecule has 17 heavy (non-hydrogen) atoms. The zero-order chi connectivity index (χ0) is 12.3. The van der Waals surface area contributed by atoms with Gasteiger partial charge in [0, 0.05) is 18.1 Å². The molecule has 1 heterocycles. The first-order valence-electron chi connectivity index (χ1n) is 7.60. The van der Waals surface area contributed by atoms with E-state index in [0.29, 0.717) is 5.54 Å². The van der Waals surface area contributed by atoms with Crippen molar-refractivity contribution in [3.8, 4) is 0 Å². The average molecular weight is 238 g/mol. The van der Waals surface area contributed by atoms with Crippen molar-refractivity contribution in [3.05, 3.63) is 0 Å². The van der Waals surface area contributed by atoms with Gasteiger partial charge in [-0.2, -0.15) is 0 Å². The first-order valence-corrected chi connectivity index (χ1v) is 7.60. The van der Waals surface area contributed by atoms with Crippen LogP contribution in [0.5, 0.6) is 0 Å². The van der Waals surface area contributed by atoms with E-state index in [4.69, 9.17) is 5.73 Å². The zero-order valence-electron chi connectivity index (χ0n) is 11.8. The molecule has 2 nitrogen and oxygen atoms in total. The van der Waals surface area contributed by atoms with Crippen molar-refractivity contribution in [1.29, 1.82) is 0 Å². The summed E-state index contributed by atoms with van der Waals surface area (Å²) in [5.41, 5.74) is 6.14. The lowest BCUT2D eigenvalue weighted by Crippen LogP contribution is -2.45. The second-order valence-electron chi connectivity index (χ2n) is 6.76. The summed E-state index contributed by atoms with van der Waals surface area (Å²) in [6, 6.07) is 0.857. The number of hydrogen-bond acceptors (Lipinski definition) is 2. The van der Waals surface area contributed by atoms with Gasteiger partial charge in [0.15, 0.2) is 0 Å². The molecule has 100 valence electrons. The minimum Gasteiger partial charge on any atom is -0.330 e. The van der Waals surface area contributed by atoms with E-state index in [9.17, 15) is 0 Å². The molecule has 2 fully saturated rings. The molecule has 1 saturated carbocycles. The van der Waals surface area contributed by atoms with Gasteiger partial charge in [-0.05, 0) is 52.0 Å². The smallest absolute Gasteiger partial charge is 0.0159 e. The summed E-state index contributed by atoms with van der Waals surface area (Å²) >= 11 is 0. The fourth-order valence-electron chi connectivity index (χ4n) is 4.06. The van der Waals surface area contributed by atoms with Crippen LogP contribution in [0.2, 0.25) is 0 Å². The highest BCUT2D eigenvalue weighted by Crippen LogP contribution is 2.38. The predicted octanol–water partition coefficient (Wildman–Crippen LogP) is 3.16. The molecule has 0 aromatic heterocycles. The van der Waals surface area contributed by atoms with Gasteiger partial charge in [0.1, 0.15) is 0 Å². The van der Waals surface area contributed by atoms with Crippen molar-refractivity contribution < 1.29 is 0 Å². The Balaban J connectivity index is 1.98. The lowest BCUT2D eigenvalue weighted by atomic mass is 9.93. The molecule has 0 radical (unpaired) electrons. The van der Waals surface area contributed by atoms with Crippen LogP contribution in [0.3, 0.4) is 0 Å². The fourth-order valence-corrected chi connectivity index (χ4v) is 4.06. The van der Waals surface area contributed by atoms with Gasteiger partial charge in [0.05, 0.1) is 0 Å². The minimum absolute atomic E-state index is 0.412. The summed E-state index contributed by atoms with van der Waals surface area (Å²) in [5.74, 6) is 0.846. The number of nitrogens with zero attached hydrogens (tertiary/aromatic N) is 1. The second kappa shape index (κ2) is 5.71. The quantitative estimate of drug-likeness (QED) is 0.765. The molecule has 1 atom stereocenters. The van der Waals surface area contributed by atoms with E-state index in [0.717, 1.165) is 18.5 Å². The molecular formula is C15H30N2. The van der Waals surface area contributed by atoms with Crippen molar-refractivity contribution in [2.45, 2.75) is 76.8 Å². The van der Waals surface area contributed by atoms with E-state index in [2.05, 4.69) is 18.7 Å². The van der Waals surface area contributed by atoms with Crippen molar-refractivity contribution in [1.82, 2.24) is 4.90 Å². The molecule has 1 saturated heterocycles. The van der Waals surface area contributed by atoms with Gasteiger partial charge in [-0.1, -0.05) is 25.7 Å². The standard InChI is InChI=1S/C15H30N2/c1-15(2)11-13(9-10-16)12-17(15)14-7-5-3-4-6-8-14/h13-14H,3-12,16H2,1-2H3. The Kier molecular flexibility index (Phi) is 4.48. The average Bonchev–Trinajstić information content (AvgIpc) is 2.48. The SMILES string of the molecule is CC1(C)CC(CCN)CN1C1CCCCCC1. The first kappa shape index (κ1) is 13.4. The summed E-state index contributed by atoms with van der Waals surface area (Å²) in [6.45, 7) is 7.04. The van der Waals surface area contributed by atoms with Crippen LogP contribution in [0.4, 0.5) is 0 Å². The molecule has 0 aromatic rings. The van der Waals surface area contributed by atoms with Gasteiger partial charge >= 0.3 is 0 Å². The Morgan fingerprint density at radius 2 is 1.76 bits per heavy atom. The summed E-state index contributed by atoms with van der Waals surface area (Å²) in [7, 11) is 0. The van der Waals surface area contributed by atoms with Gasteiger partial charge < -0.3 is 5.73 Å². The summed E-state index contributed by atoms with van der Waals surface area (Å²) in [6.07, 6.45) is 11.2. The Hall–Kier alpha value is -0.0800. The number of rotatable bonds is 3. The van der Waals surface area contributed by atoms with E-state index in [-0.39, 0.29) is 0 Å². The van der Waals surface area contributed by atoms with Crippen LogP contribution in [0.25, 0.3) is 0 Å². The van der Waals surface area contributed by atoms with Gasteiger partial charge in [0.25, 0.3) is 0 Å². The molecule has 2 rings (SSSR count). The van der Waals surface area contributed by atoms with Crippen LogP contribution in [0, 0.1) is 5.92 Å². The van der Waals surface area contributed by atoms with Crippen molar-refractivity contribution in [2.24, 2.45) is 11.7 Å². The number of likely N-dealkylation sites (tertiary alicyclic amines) is 1. The molecule has 1 aliphatic heterocycles. The highest BCUT2D eigenvalue weighted by Gasteiger charge is 2.41. The van der Waals surface area contributed by atoms with Crippen LogP contribution >= 0.6 is 0 Å². The lowest BCUT2D eigenvalue weighted by molar-refractivity contribution is 0.103. The van der Waals surface area contributed by atoms with Crippen LogP contribution < -0.4 is 5.73 Å². The van der Waals surface area contributed by atoms with Gasteiger partial charge in [-0.15, -0.1) is 0 Å². The third-order valence-corrected chi connectivity index (χ3v) is 4.86. The zero-order valence-corrected chi connectivity index (χ0v) is 11.8. The molecule has 1 unspecified atom stereocenters. The summed E-state index contributed by atoms with van der Waals surface area (Å²) in [4.78, 5) is 2.82. The van der Waals surface area contributed by atoms with E-state index >= 15 is 0 Å². The summed E-state index contributed by atoms with van der Waals surface area (Å²) < 4.78 is 0. The molecule has 0 aromatic carbocycles. The Bertz CT molecular complexity index is 229. The lowest BCUT2D eigenvalue weighted by Gasteiger charge is -2.38. The van der Waals surface area contributed by atoms with E-state index in [1.54, 1.807) is 0 Å². The number of hydrogen-bond donors (Lipinski definition) is 1. The Labute approximate surface area is 107 Å². The van der Waals surface area contributed by atoms with Crippen LogP contribution in [-0.2, 0) is 0 Å². The Morgan fingerprint density at radius 3 is 2.35 bits per heavy atom. The second-order valence-corrected chi connectivity index (χ2v) is 6.76. The minimum atomic E-state index is 0.412. The molecular weight excluding hydrogens is 208 g/mol. The van der Waals surface area contributed by atoms with Crippen LogP contribution in [0.1, 0.15) is 65.2 Å². The third-order valence-electron chi connectivity index (χ3n) is 4.86. The van der Waals surface area contributed by atoms with Crippen molar-refractivity contribution in [2.75, 3.05) is 13.1 Å². The number of nitrogens with two attached hydrogens (primary N) is 1. The van der Waals surface area contributed by atoms with Crippen molar-refractivity contribution in [3.63, 3.8) is 0 Å². The Morgan fingerprint density at radius 1 is 1.12 bits per heavy atom. The fraction of sp³-hybridized carbons (Fsp3) is 1.00. The van der Waals surface area contributed by atoms with Crippen LogP contribution in [-0.4, -0.2) is 29.6 Å². The van der Waals surface area contributed by atoms with E-state index in [1.807, 2.05) is 0 Å². The molecule has 2 N–H and O–H groups in total. The molecule has 0 spiro atoms. The summed E-state index contributed by atoms with van der Waals surface area (Å²) in [5, 5.41) is 0.